The largest absolute Gasteiger partial charge is 0.352 e. The van der Waals surface area contributed by atoms with E-state index < -0.39 is 6.04 Å². The number of benzene rings is 3. The van der Waals surface area contributed by atoms with Crippen LogP contribution in [0.1, 0.15) is 42.4 Å². The maximum absolute atomic E-state index is 14.1. The number of nitrogens with zero attached hydrogens (tertiary/aromatic N) is 1. The summed E-state index contributed by atoms with van der Waals surface area (Å²) in [7, 11) is 0. The minimum Gasteiger partial charge on any atom is -0.352 e. The lowest BCUT2D eigenvalue weighted by Gasteiger charge is -2.32. The van der Waals surface area contributed by atoms with E-state index in [4.69, 9.17) is 11.6 Å². The van der Waals surface area contributed by atoms with Gasteiger partial charge in [-0.3, -0.25) is 9.59 Å². The van der Waals surface area contributed by atoms with Crippen molar-refractivity contribution in [2.24, 2.45) is 0 Å². The van der Waals surface area contributed by atoms with Gasteiger partial charge in [0.1, 0.15) is 11.9 Å². The molecule has 1 aliphatic carbocycles. The van der Waals surface area contributed by atoms with Gasteiger partial charge in [0.2, 0.25) is 11.8 Å². The number of hydrogen-bond acceptors (Lipinski definition) is 3. The first kappa shape index (κ1) is 27.2. The van der Waals surface area contributed by atoms with Crippen LogP contribution in [0.2, 0.25) is 5.02 Å². The maximum Gasteiger partial charge on any atom is 0.243 e. The molecule has 1 aliphatic rings. The molecule has 2 amide bonds. The highest BCUT2D eigenvalue weighted by Gasteiger charge is 2.32. The molecule has 0 saturated heterocycles. The van der Waals surface area contributed by atoms with Gasteiger partial charge in [0.25, 0.3) is 0 Å². The Morgan fingerprint density at radius 2 is 1.68 bits per heavy atom. The number of halogens is 2. The van der Waals surface area contributed by atoms with Crippen molar-refractivity contribution in [2.45, 2.75) is 56.5 Å². The molecule has 0 heterocycles. The van der Waals surface area contributed by atoms with Crippen LogP contribution in [-0.4, -0.2) is 34.6 Å². The van der Waals surface area contributed by atoms with Gasteiger partial charge in [0.05, 0.1) is 5.75 Å². The minimum atomic E-state index is -0.677. The normalized spacial score (nSPS) is 14.3. The van der Waals surface area contributed by atoms with E-state index in [2.05, 4.69) is 5.32 Å². The molecule has 7 heteroatoms. The molecule has 0 radical (unpaired) electrons. The molecule has 3 aromatic carbocycles. The summed E-state index contributed by atoms with van der Waals surface area (Å²) in [6.07, 6.45) is 4.54. The zero-order valence-electron chi connectivity index (χ0n) is 20.7. The van der Waals surface area contributed by atoms with Crippen LogP contribution in [0.3, 0.4) is 0 Å². The molecule has 4 nitrogen and oxygen atoms in total. The Bertz CT molecular complexity index is 1190. The van der Waals surface area contributed by atoms with Gasteiger partial charge in [-0.2, -0.15) is 0 Å². The van der Waals surface area contributed by atoms with Crippen molar-refractivity contribution in [3.8, 4) is 0 Å². The van der Waals surface area contributed by atoms with Crippen LogP contribution in [0, 0.1) is 5.82 Å². The van der Waals surface area contributed by atoms with Crippen molar-refractivity contribution in [1.82, 2.24) is 10.2 Å². The predicted molar refractivity (Wildman–Crippen MR) is 149 cm³/mol. The Morgan fingerprint density at radius 1 is 0.973 bits per heavy atom. The third-order valence-electron chi connectivity index (χ3n) is 6.66. The van der Waals surface area contributed by atoms with Gasteiger partial charge < -0.3 is 10.2 Å². The lowest BCUT2D eigenvalue weighted by atomic mass is 10.0. The first-order valence-electron chi connectivity index (χ1n) is 12.7. The van der Waals surface area contributed by atoms with Gasteiger partial charge in [0.15, 0.2) is 0 Å². The van der Waals surface area contributed by atoms with Crippen molar-refractivity contribution in [3.05, 3.63) is 106 Å². The third kappa shape index (κ3) is 8.08. The fraction of sp³-hybridized carbons (Fsp3) is 0.333. The second-order valence-electron chi connectivity index (χ2n) is 9.43. The molecule has 194 valence electrons. The molecule has 1 N–H and O–H groups in total. The van der Waals surface area contributed by atoms with E-state index in [0.717, 1.165) is 36.8 Å². The van der Waals surface area contributed by atoms with Crippen molar-refractivity contribution in [2.75, 3.05) is 5.75 Å². The van der Waals surface area contributed by atoms with E-state index in [1.165, 1.54) is 17.8 Å². The number of thioether (sulfide) groups is 1. The molecule has 0 aliphatic heterocycles. The van der Waals surface area contributed by atoms with E-state index in [1.807, 2.05) is 48.5 Å². The molecule has 0 bridgehead atoms. The molecular weight excluding hydrogens is 507 g/mol. The average Bonchev–Trinajstić information content (AvgIpc) is 3.41. The number of rotatable bonds is 11. The summed E-state index contributed by atoms with van der Waals surface area (Å²) in [6.45, 7) is 0.259. The van der Waals surface area contributed by atoms with Gasteiger partial charge in [0, 0.05) is 29.8 Å². The van der Waals surface area contributed by atoms with Gasteiger partial charge in [-0.1, -0.05) is 85.1 Å². The molecule has 4 rings (SSSR count). The second kappa shape index (κ2) is 13.6. The summed E-state index contributed by atoms with van der Waals surface area (Å²) in [5, 5.41) is 3.78. The van der Waals surface area contributed by atoms with Crippen molar-refractivity contribution in [3.63, 3.8) is 0 Å². The number of hydrogen-bond donors (Lipinski definition) is 1. The molecule has 1 atom stereocenters. The van der Waals surface area contributed by atoms with E-state index in [-0.39, 0.29) is 36.0 Å². The average molecular weight is 539 g/mol. The molecule has 3 aromatic rings. The summed E-state index contributed by atoms with van der Waals surface area (Å²) in [5.74, 6) is -0.0667. The molecule has 37 heavy (non-hydrogen) atoms. The summed E-state index contributed by atoms with van der Waals surface area (Å²) in [6, 6.07) is 23.2. The van der Waals surface area contributed by atoms with Crippen LogP contribution >= 0.6 is 23.4 Å². The highest BCUT2D eigenvalue weighted by molar-refractivity contribution is 7.99. The number of nitrogens with one attached hydrogen (secondary N) is 1. The number of amides is 2. The van der Waals surface area contributed by atoms with E-state index in [9.17, 15) is 14.0 Å². The smallest absolute Gasteiger partial charge is 0.243 e. The molecule has 0 aromatic heterocycles. The molecule has 1 saturated carbocycles. The molecule has 0 spiro atoms. The minimum absolute atomic E-state index is 0.134. The first-order valence-corrected chi connectivity index (χ1v) is 14.2. The maximum atomic E-state index is 14.1. The zero-order chi connectivity index (χ0) is 26.0. The summed E-state index contributed by atoms with van der Waals surface area (Å²) in [5.41, 5.74) is 2.39. The van der Waals surface area contributed by atoms with Gasteiger partial charge >= 0.3 is 0 Å². The van der Waals surface area contributed by atoms with Crippen LogP contribution in [0.4, 0.5) is 4.39 Å². The first-order chi connectivity index (χ1) is 18.0. The van der Waals surface area contributed by atoms with Crippen LogP contribution in [0.15, 0.2) is 78.9 Å². The monoisotopic (exact) mass is 538 g/mol. The van der Waals surface area contributed by atoms with Crippen molar-refractivity contribution < 1.29 is 14.0 Å². The molecule has 0 unspecified atom stereocenters. The number of carbonyl (C=O) groups is 2. The van der Waals surface area contributed by atoms with Gasteiger partial charge in [-0.05, 0) is 47.7 Å². The second-order valence-corrected chi connectivity index (χ2v) is 10.9. The number of carbonyl (C=O) groups excluding carboxylic acids is 2. The fourth-order valence-corrected chi connectivity index (χ4v) is 5.81. The highest BCUT2D eigenvalue weighted by atomic mass is 35.5. The summed E-state index contributed by atoms with van der Waals surface area (Å²) < 4.78 is 14.1. The van der Waals surface area contributed by atoms with E-state index in [1.54, 1.807) is 29.2 Å². The summed E-state index contributed by atoms with van der Waals surface area (Å²) in [4.78, 5) is 29.0. The SMILES string of the molecule is O=C(NC1CCCC1)[C@@H](Cc1ccccc1)N(Cc1cccc(Cl)c1)C(=O)CSCc1ccccc1F. The lowest BCUT2D eigenvalue weighted by Crippen LogP contribution is -2.52. The van der Waals surface area contributed by atoms with Crippen LogP contribution in [0.25, 0.3) is 0 Å². The lowest BCUT2D eigenvalue weighted by molar-refractivity contribution is -0.139. The Labute approximate surface area is 227 Å². The van der Waals surface area contributed by atoms with E-state index in [0.29, 0.717) is 22.8 Å². The summed E-state index contributed by atoms with van der Waals surface area (Å²) >= 11 is 7.59. The Hall–Kier alpha value is -2.83. The Kier molecular flexibility index (Phi) is 10.0. The van der Waals surface area contributed by atoms with E-state index >= 15 is 0 Å². The molecular formula is C30H32ClFN2O2S. The van der Waals surface area contributed by atoms with Gasteiger partial charge in [-0.25, -0.2) is 4.39 Å². The topological polar surface area (TPSA) is 49.4 Å². The fourth-order valence-electron chi connectivity index (χ4n) is 4.70. The van der Waals surface area contributed by atoms with Crippen LogP contribution in [0.5, 0.6) is 0 Å². The quantitative estimate of drug-likeness (QED) is 0.307. The zero-order valence-corrected chi connectivity index (χ0v) is 22.3. The standard InChI is InChI=1S/C30H32ClFN2O2S/c31-25-13-8-11-23(17-25)19-34(29(35)21-37-20-24-12-4-7-16-27(24)32)28(18-22-9-2-1-3-10-22)30(36)33-26-14-5-6-15-26/h1-4,7-13,16-17,26,28H,5-6,14-15,18-21H2,(H,33,36)/t28-/m1/s1. The molecule has 1 fully saturated rings. The van der Waals surface area contributed by atoms with Crippen molar-refractivity contribution >= 4 is 35.2 Å². The highest BCUT2D eigenvalue weighted by Crippen LogP contribution is 2.22. The van der Waals surface area contributed by atoms with Crippen molar-refractivity contribution in [1.29, 1.82) is 0 Å². The van der Waals surface area contributed by atoms with Crippen LogP contribution < -0.4 is 5.32 Å². The Balaban J connectivity index is 1.57. The third-order valence-corrected chi connectivity index (χ3v) is 7.86. The Morgan fingerprint density at radius 3 is 2.41 bits per heavy atom. The predicted octanol–water partition coefficient (Wildman–Crippen LogP) is 6.41. The van der Waals surface area contributed by atoms with Crippen LogP contribution in [-0.2, 0) is 28.3 Å². The van der Waals surface area contributed by atoms with Gasteiger partial charge in [-0.15, -0.1) is 11.8 Å².